The highest BCUT2D eigenvalue weighted by molar-refractivity contribution is 5.96. The van der Waals surface area contributed by atoms with E-state index in [2.05, 4.69) is 10.6 Å². The Morgan fingerprint density at radius 3 is 1.84 bits per heavy atom. The van der Waals surface area contributed by atoms with Crippen molar-refractivity contribution in [3.63, 3.8) is 0 Å². The fraction of sp³-hybridized carbons (Fsp3) is 0.448. The summed E-state index contributed by atoms with van der Waals surface area (Å²) in [6.07, 6.45) is -10.8. The van der Waals surface area contributed by atoms with Crippen LogP contribution in [0.2, 0.25) is 0 Å². The number of nitrogens with two attached hydrogens (primary N) is 3. The van der Waals surface area contributed by atoms with Crippen molar-refractivity contribution in [1.82, 2.24) is 15.5 Å². The average Bonchev–Trinajstić information content (AvgIpc) is 2.95. The molecule has 16 heteroatoms. The Balaban J connectivity index is 2.41. The molecule has 0 fully saturated rings. The van der Waals surface area contributed by atoms with Gasteiger partial charge in [0, 0.05) is 32.6 Å². The summed E-state index contributed by atoms with van der Waals surface area (Å²) in [5.41, 5.74) is 14.9. The molecule has 0 saturated heterocycles. The molecule has 3 amide bonds. The van der Waals surface area contributed by atoms with Crippen molar-refractivity contribution in [2.45, 2.75) is 56.7 Å². The van der Waals surface area contributed by atoms with Gasteiger partial charge in [-0.05, 0) is 42.7 Å². The van der Waals surface area contributed by atoms with Crippen LogP contribution in [0.25, 0.3) is 0 Å². The van der Waals surface area contributed by atoms with E-state index >= 15 is 0 Å². The summed E-state index contributed by atoms with van der Waals surface area (Å²) in [5.74, 6) is -3.20. The number of carbonyl (C=O) groups excluding carboxylic acids is 4. The van der Waals surface area contributed by atoms with Crippen LogP contribution >= 0.6 is 0 Å². The molecule has 8 N–H and O–H groups in total. The van der Waals surface area contributed by atoms with Crippen LogP contribution in [0.15, 0.2) is 48.5 Å². The smallest absolute Gasteiger partial charge is 0.344 e. The molecule has 0 spiro atoms. The first-order chi connectivity index (χ1) is 21.0. The van der Waals surface area contributed by atoms with Gasteiger partial charge in [0.2, 0.25) is 17.7 Å². The second-order valence-electron chi connectivity index (χ2n) is 10.3. The lowest BCUT2D eigenvalue weighted by Gasteiger charge is -2.26. The van der Waals surface area contributed by atoms with Crippen LogP contribution in [0.1, 0.15) is 35.6 Å². The molecule has 0 aliphatic carbocycles. The number of halogens is 6. The van der Waals surface area contributed by atoms with Gasteiger partial charge in [-0.25, -0.2) is 0 Å². The van der Waals surface area contributed by atoms with Crippen LogP contribution in [0, 0.1) is 0 Å². The highest BCUT2D eigenvalue weighted by atomic mass is 19.4. The monoisotopic (exact) mass is 646 g/mol. The summed E-state index contributed by atoms with van der Waals surface area (Å²) in [6.45, 7) is 1.67. The quantitative estimate of drug-likeness (QED) is 0.183. The maximum Gasteiger partial charge on any atom is 0.416 e. The fourth-order valence-electron chi connectivity index (χ4n) is 4.25. The molecule has 2 aromatic carbocycles. The number of rotatable bonds is 15. The molecule has 0 bridgehead atoms. The molecule has 0 aliphatic rings. The van der Waals surface area contributed by atoms with Crippen LogP contribution < -0.4 is 27.8 Å². The van der Waals surface area contributed by atoms with Gasteiger partial charge in [0.05, 0.1) is 29.6 Å². The van der Waals surface area contributed by atoms with Crippen LogP contribution in [-0.4, -0.2) is 72.7 Å². The number of benzene rings is 2. The Morgan fingerprint density at radius 2 is 1.33 bits per heavy atom. The minimum atomic E-state index is -4.69. The van der Waals surface area contributed by atoms with E-state index in [0.29, 0.717) is 0 Å². The molecule has 3 atom stereocenters. The number of amides is 3. The zero-order chi connectivity index (χ0) is 33.9. The van der Waals surface area contributed by atoms with E-state index in [9.17, 15) is 45.5 Å². The van der Waals surface area contributed by atoms with Crippen molar-refractivity contribution in [1.29, 1.82) is 0 Å². The third-order valence-electron chi connectivity index (χ3n) is 6.63. The van der Waals surface area contributed by atoms with E-state index in [1.165, 1.54) is 17.9 Å². The SMILES string of the molecule is C[C@@H](N)C(=O)N[C@@H](CC(=O)N(CCN)CCN)C(=O)N[C@@H](Cc1ccc(C(F)(F)F)cc1)C(=O)Cc1cccc(C(F)(F)F)c1. The van der Waals surface area contributed by atoms with Gasteiger partial charge in [0.15, 0.2) is 5.78 Å². The number of hydrogen-bond donors (Lipinski definition) is 5. The number of hydrogen-bond acceptors (Lipinski definition) is 7. The lowest BCUT2D eigenvalue weighted by Crippen LogP contribution is -2.56. The minimum absolute atomic E-state index is 0.0299. The normalized spacial score (nSPS) is 13.8. The predicted octanol–water partition coefficient (Wildman–Crippen LogP) is 1.53. The Bertz CT molecular complexity index is 1310. The molecular weight excluding hydrogens is 610 g/mol. The molecule has 248 valence electrons. The summed E-state index contributed by atoms with van der Waals surface area (Å²) in [5, 5.41) is 4.76. The summed E-state index contributed by atoms with van der Waals surface area (Å²) in [7, 11) is 0. The third-order valence-corrected chi connectivity index (χ3v) is 6.63. The van der Waals surface area contributed by atoms with Crippen molar-refractivity contribution in [2.24, 2.45) is 17.2 Å². The van der Waals surface area contributed by atoms with Crippen molar-refractivity contribution in [2.75, 3.05) is 26.2 Å². The second-order valence-corrected chi connectivity index (χ2v) is 10.3. The molecule has 0 aromatic heterocycles. The molecular formula is C29H36F6N6O4. The zero-order valence-electron chi connectivity index (χ0n) is 24.4. The average molecular weight is 647 g/mol. The van der Waals surface area contributed by atoms with E-state index in [-0.39, 0.29) is 43.7 Å². The van der Waals surface area contributed by atoms with Crippen LogP contribution in [-0.2, 0) is 44.4 Å². The molecule has 0 radical (unpaired) electrons. The standard InChI is InChI=1S/C29H36F6N6O4/c1-17(38)26(44)40-23(16-25(43)41(11-9-36)12-10-37)27(45)39-22(14-18-5-7-20(8-6-18)28(30,31)32)24(42)15-19-3-2-4-21(13-19)29(33,34)35/h2-8,13,17,22-23H,9-12,14-16,36-38H2,1H3,(H,39,45)(H,40,44)/t17-,22+,23+/m1/s1. The van der Waals surface area contributed by atoms with Gasteiger partial charge >= 0.3 is 12.4 Å². The third kappa shape index (κ3) is 11.8. The van der Waals surface area contributed by atoms with Crippen LogP contribution in [0.3, 0.4) is 0 Å². The van der Waals surface area contributed by atoms with E-state index in [0.717, 1.165) is 42.5 Å². The maximum absolute atomic E-state index is 13.5. The number of alkyl halides is 6. The van der Waals surface area contributed by atoms with Gasteiger partial charge in [-0.3, -0.25) is 19.2 Å². The molecule has 2 rings (SSSR count). The topological polar surface area (TPSA) is 174 Å². The zero-order valence-corrected chi connectivity index (χ0v) is 24.4. The number of nitrogens with zero attached hydrogens (tertiary/aromatic N) is 1. The van der Waals surface area contributed by atoms with Gasteiger partial charge in [-0.1, -0.05) is 30.3 Å². The van der Waals surface area contributed by atoms with E-state index < -0.39 is 78.0 Å². The second kappa shape index (κ2) is 16.3. The summed E-state index contributed by atoms with van der Waals surface area (Å²) < 4.78 is 78.9. The van der Waals surface area contributed by atoms with Crippen LogP contribution in [0.5, 0.6) is 0 Å². The van der Waals surface area contributed by atoms with Gasteiger partial charge < -0.3 is 32.7 Å². The predicted molar refractivity (Wildman–Crippen MR) is 152 cm³/mol. The highest BCUT2D eigenvalue weighted by Gasteiger charge is 2.33. The molecule has 10 nitrogen and oxygen atoms in total. The van der Waals surface area contributed by atoms with E-state index in [1.54, 1.807) is 0 Å². The van der Waals surface area contributed by atoms with Crippen molar-refractivity contribution < 1.29 is 45.5 Å². The van der Waals surface area contributed by atoms with Gasteiger partial charge in [0.25, 0.3) is 0 Å². The Morgan fingerprint density at radius 1 is 0.778 bits per heavy atom. The number of ketones is 1. The van der Waals surface area contributed by atoms with Crippen molar-refractivity contribution >= 4 is 23.5 Å². The molecule has 0 aliphatic heterocycles. The van der Waals surface area contributed by atoms with Crippen molar-refractivity contribution in [3.05, 3.63) is 70.8 Å². The minimum Gasteiger partial charge on any atom is -0.344 e. The largest absolute Gasteiger partial charge is 0.416 e. The lowest BCUT2D eigenvalue weighted by atomic mass is 9.95. The van der Waals surface area contributed by atoms with E-state index in [1.807, 2.05) is 0 Å². The maximum atomic E-state index is 13.5. The fourth-order valence-corrected chi connectivity index (χ4v) is 4.25. The molecule has 2 aromatic rings. The number of carbonyl (C=O) groups is 4. The number of Topliss-reactive ketones (excluding diaryl/α,β-unsaturated/α-hetero) is 1. The summed E-state index contributed by atoms with van der Waals surface area (Å²) in [6, 6.07) is 3.59. The summed E-state index contributed by atoms with van der Waals surface area (Å²) >= 11 is 0. The molecule has 0 unspecified atom stereocenters. The first kappa shape index (κ1) is 37.2. The molecule has 0 saturated carbocycles. The Kier molecular flexibility index (Phi) is 13.5. The summed E-state index contributed by atoms with van der Waals surface area (Å²) in [4.78, 5) is 53.5. The first-order valence-corrected chi connectivity index (χ1v) is 13.9. The van der Waals surface area contributed by atoms with Crippen molar-refractivity contribution in [3.8, 4) is 0 Å². The highest BCUT2D eigenvalue weighted by Crippen LogP contribution is 2.30. The van der Waals surface area contributed by atoms with E-state index in [4.69, 9.17) is 17.2 Å². The molecule has 0 heterocycles. The van der Waals surface area contributed by atoms with Gasteiger partial charge in [0.1, 0.15) is 6.04 Å². The van der Waals surface area contributed by atoms with Gasteiger partial charge in [-0.15, -0.1) is 0 Å². The Hall–Kier alpha value is -4.02. The Labute approximate surface area is 255 Å². The van der Waals surface area contributed by atoms with Gasteiger partial charge in [-0.2, -0.15) is 26.3 Å². The lowest BCUT2D eigenvalue weighted by molar-refractivity contribution is -0.138. The van der Waals surface area contributed by atoms with Crippen LogP contribution in [0.4, 0.5) is 26.3 Å². The number of nitrogens with one attached hydrogen (secondary N) is 2. The first-order valence-electron chi connectivity index (χ1n) is 13.9. The molecule has 45 heavy (non-hydrogen) atoms.